The smallest absolute Gasteiger partial charge is 0.253 e. The van der Waals surface area contributed by atoms with Crippen molar-refractivity contribution in [3.05, 3.63) is 23.5 Å². The Morgan fingerprint density at radius 1 is 1.06 bits per heavy atom. The standard InChI is InChI=1S/C11H14F4N2O/c1-2-3-5-18-6-4-16-9-7(12)10(14)17-11(15)8(9)13/h2-6H2,1H3,(H,16,17). The SMILES string of the molecule is CCCCOCCNc1c(F)c(F)nc(F)c1F. The van der Waals surface area contributed by atoms with Gasteiger partial charge in [-0.3, -0.25) is 0 Å². The van der Waals surface area contributed by atoms with Crippen molar-refractivity contribution in [2.75, 3.05) is 25.1 Å². The first-order valence-corrected chi connectivity index (χ1v) is 5.59. The number of unbranched alkanes of at least 4 members (excludes halogenated alkanes) is 1. The Bertz CT molecular complexity index is 375. The van der Waals surface area contributed by atoms with Gasteiger partial charge in [-0.25, -0.2) is 0 Å². The molecule has 18 heavy (non-hydrogen) atoms. The predicted molar refractivity (Wildman–Crippen MR) is 58.3 cm³/mol. The lowest BCUT2D eigenvalue weighted by Crippen LogP contribution is -2.14. The van der Waals surface area contributed by atoms with E-state index in [1.807, 2.05) is 6.92 Å². The maximum Gasteiger partial charge on any atom is 0.253 e. The number of anilines is 1. The van der Waals surface area contributed by atoms with E-state index in [0.29, 0.717) is 6.61 Å². The molecule has 1 aromatic heterocycles. The number of rotatable bonds is 7. The summed E-state index contributed by atoms with van der Waals surface area (Å²) in [6.45, 7) is 2.75. The molecule has 3 nitrogen and oxygen atoms in total. The molecule has 0 aromatic carbocycles. The summed E-state index contributed by atoms with van der Waals surface area (Å²) in [5, 5.41) is 2.24. The van der Waals surface area contributed by atoms with Gasteiger partial charge in [-0.15, -0.1) is 0 Å². The Kier molecular flexibility index (Phi) is 5.84. The van der Waals surface area contributed by atoms with Gasteiger partial charge in [0, 0.05) is 13.2 Å². The molecule has 7 heteroatoms. The van der Waals surface area contributed by atoms with Crippen molar-refractivity contribution in [1.29, 1.82) is 0 Å². The van der Waals surface area contributed by atoms with E-state index in [-0.39, 0.29) is 13.2 Å². The highest BCUT2D eigenvalue weighted by Gasteiger charge is 2.20. The second-order valence-electron chi connectivity index (χ2n) is 3.59. The Balaban J connectivity index is 2.52. The zero-order valence-corrected chi connectivity index (χ0v) is 9.90. The number of hydrogen-bond donors (Lipinski definition) is 1. The maximum atomic E-state index is 13.1. The number of hydrogen-bond acceptors (Lipinski definition) is 3. The molecule has 0 aliphatic carbocycles. The van der Waals surface area contributed by atoms with Gasteiger partial charge in [0.25, 0.3) is 11.9 Å². The Labute approximate surface area is 102 Å². The van der Waals surface area contributed by atoms with Gasteiger partial charge < -0.3 is 10.1 Å². The molecule has 0 radical (unpaired) electrons. The third-order valence-electron chi connectivity index (χ3n) is 2.19. The number of aromatic nitrogens is 1. The number of nitrogens with one attached hydrogen (secondary N) is 1. The van der Waals surface area contributed by atoms with Crippen LogP contribution >= 0.6 is 0 Å². The molecule has 102 valence electrons. The Morgan fingerprint density at radius 2 is 1.67 bits per heavy atom. The van der Waals surface area contributed by atoms with Crippen LogP contribution in [0.15, 0.2) is 0 Å². The van der Waals surface area contributed by atoms with E-state index in [2.05, 4.69) is 10.3 Å². The monoisotopic (exact) mass is 266 g/mol. The van der Waals surface area contributed by atoms with Crippen molar-refractivity contribution in [2.24, 2.45) is 0 Å². The number of halogens is 4. The van der Waals surface area contributed by atoms with Gasteiger partial charge in [0.2, 0.25) is 11.6 Å². The lowest BCUT2D eigenvalue weighted by Gasteiger charge is -2.09. The average molecular weight is 266 g/mol. The molecule has 0 aliphatic rings. The van der Waals surface area contributed by atoms with Crippen LogP contribution in [0.1, 0.15) is 19.8 Å². The Hall–Kier alpha value is -1.37. The van der Waals surface area contributed by atoms with Crippen molar-refractivity contribution >= 4 is 5.69 Å². The number of pyridine rings is 1. The molecule has 0 spiro atoms. The summed E-state index contributed by atoms with van der Waals surface area (Å²) in [7, 11) is 0. The third-order valence-corrected chi connectivity index (χ3v) is 2.19. The van der Waals surface area contributed by atoms with Gasteiger partial charge in [0.15, 0.2) is 0 Å². The van der Waals surface area contributed by atoms with Crippen molar-refractivity contribution in [2.45, 2.75) is 19.8 Å². The number of nitrogens with zero attached hydrogens (tertiary/aromatic N) is 1. The summed E-state index contributed by atoms with van der Waals surface area (Å²) in [6, 6.07) is 0. The summed E-state index contributed by atoms with van der Waals surface area (Å²) in [4.78, 5) is 2.45. The van der Waals surface area contributed by atoms with Gasteiger partial charge in [-0.2, -0.15) is 22.5 Å². The molecule has 0 fully saturated rings. The molecule has 1 N–H and O–H groups in total. The molecule has 0 amide bonds. The van der Waals surface area contributed by atoms with Gasteiger partial charge in [-0.1, -0.05) is 13.3 Å². The highest BCUT2D eigenvalue weighted by Crippen LogP contribution is 2.21. The lowest BCUT2D eigenvalue weighted by molar-refractivity contribution is 0.141. The fraction of sp³-hybridized carbons (Fsp3) is 0.545. The van der Waals surface area contributed by atoms with Gasteiger partial charge in [0.1, 0.15) is 5.69 Å². The van der Waals surface area contributed by atoms with Crippen molar-refractivity contribution in [3.8, 4) is 0 Å². The topological polar surface area (TPSA) is 34.1 Å². The molecule has 0 atom stereocenters. The van der Waals surface area contributed by atoms with Crippen LogP contribution in [0, 0.1) is 23.5 Å². The molecule has 0 unspecified atom stereocenters. The first kappa shape index (κ1) is 14.7. The molecular formula is C11H14F4N2O. The Morgan fingerprint density at radius 3 is 2.22 bits per heavy atom. The second kappa shape index (κ2) is 7.15. The normalized spacial score (nSPS) is 10.7. The van der Waals surface area contributed by atoms with Crippen molar-refractivity contribution in [3.63, 3.8) is 0 Å². The lowest BCUT2D eigenvalue weighted by atomic mass is 10.3. The summed E-state index contributed by atoms with van der Waals surface area (Å²) >= 11 is 0. The van der Waals surface area contributed by atoms with Gasteiger partial charge in [0.05, 0.1) is 6.61 Å². The fourth-order valence-electron chi connectivity index (χ4n) is 1.24. The zero-order chi connectivity index (χ0) is 13.5. The van der Waals surface area contributed by atoms with Crippen LogP contribution in [0.4, 0.5) is 23.2 Å². The number of ether oxygens (including phenoxy) is 1. The van der Waals surface area contributed by atoms with Crippen LogP contribution < -0.4 is 5.32 Å². The van der Waals surface area contributed by atoms with Crippen LogP contribution in [0.5, 0.6) is 0 Å². The summed E-state index contributed by atoms with van der Waals surface area (Å²) in [5.41, 5.74) is -0.862. The van der Waals surface area contributed by atoms with E-state index in [1.165, 1.54) is 0 Å². The fourth-order valence-corrected chi connectivity index (χ4v) is 1.24. The van der Waals surface area contributed by atoms with Crippen molar-refractivity contribution < 1.29 is 22.3 Å². The van der Waals surface area contributed by atoms with Gasteiger partial charge >= 0.3 is 0 Å². The van der Waals surface area contributed by atoms with E-state index in [0.717, 1.165) is 12.8 Å². The van der Waals surface area contributed by atoms with Crippen molar-refractivity contribution in [1.82, 2.24) is 4.98 Å². The molecule has 1 aromatic rings. The first-order chi connectivity index (χ1) is 8.57. The molecule has 0 saturated carbocycles. The minimum atomic E-state index is -1.68. The molecule has 0 bridgehead atoms. The van der Waals surface area contributed by atoms with Crippen LogP contribution in [-0.4, -0.2) is 24.7 Å². The summed E-state index contributed by atoms with van der Waals surface area (Å²) < 4.78 is 56.8. The van der Waals surface area contributed by atoms with Crippen LogP contribution in [-0.2, 0) is 4.74 Å². The van der Waals surface area contributed by atoms with E-state index in [4.69, 9.17) is 4.74 Å². The molecule has 1 heterocycles. The highest BCUT2D eigenvalue weighted by atomic mass is 19.2. The predicted octanol–water partition coefficient (Wildman–Crippen LogP) is 2.87. The van der Waals surface area contributed by atoms with E-state index >= 15 is 0 Å². The minimum Gasteiger partial charge on any atom is -0.380 e. The zero-order valence-electron chi connectivity index (χ0n) is 9.90. The van der Waals surface area contributed by atoms with Crippen LogP contribution in [0.2, 0.25) is 0 Å². The third kappa shape index (κ3) is 3.83. The molecular weight excluding hydrogens is 252 g/mol. The molecule has 0 aliphatic heterocycles. The molecule has 1 rings (SSSR count). The van der Waals surface area contributed by atoms with E-state index < -0.39 is 29.2 Å². The summed E-state index contributed by atoms with van der Waals surface area (Å²) in [5.74, 6) is -6.43. The summed E-state index contributed by atoms with van der Waals surface area (Å²) in [6.07, 6.45) is 1.85. The largest absolute Gasteiger partial charge is 0.380 e. The molecule has 0 saturated heterocycles. The maximum absolute atomic E-state index is 13.1. The minimum absolute atomic E-state index is 0.0421. The highest BCUT2D eigenvalue weighted by molar-refractivity contribution is 5.45. The van der Waals surface area contributed by atoms with Crippen LogP contribution in [0.25, 0.3) is 0 Å². The van der Waals surface area contributed by atoms with Crippen LogP contribution in [0.3, 0.4) is 0 Å². The van der Waals surface area contributed by atoms with E-state index in [1.54, 1.807) is 0 Å². The quantitative estimate of drug-likeness (QED) is 0.468. The second-order valence-corrected chi connectivity index (χ2v) is 3.59. The average Bonchev–Trinajstić information content (AvgIpc) is 2.35. The van der Waals surface area contributed by atoms with Gasteiger partial charge in [-0.05, 0) is 6.42 Å². The van der Waals surface area contributed by atoms with E-state index in [9.17, 15) is 17.6 Å². The first-order valence-electron chi connectivity index (χ1n) is 5.59.